The van der Waals surface area contributed by atoms with E-state index >= 15 is 0 Å². The third kappa shape index (κ3) is 4.73. The highest BCUT2D eigenvalue weighted by Gasteiger charge is 2.48. The lowest BCUT2D eigenvalue weighted by Gasteiger charge is -2.38. The molecule has 130 valence electrons. The van der Waals surface area contributed by atoms with Gasteiger partial charge in [-0.2, -0.15) is 0 Å². The molecule has 6 heteroatoms. The highest BCUT2D eigenvalue weighted by molar-refractivity contribution is 5.89. The van der Waals surface area contributed by atoms with Crippen LogP contribution in [0.1, 0.15) is 45.4 Å². The van der Waals surface area contributed by atoms with E-state index in [1.807, 2.05) is 4.90 Å². The lowest BCUT2D eigenvalue weighted by Crippen LogP contribution is -2.51. The van der Waals surface area contributed by atoms with E-state index in [-0.39, 0.29) is 30.7 Å². The Morgan fingerprint density at radius 2 is 1.77 bits per heavy atom. The minimum Gasteiger partial charge on any atom is -0.341 e. The number of rotatable bonds is 3. The quantitative estimate of drug-likeness (QED) is 0.848. The average molecular weight is 352 g/mol. The van der Waals surface area contributed by atoms with Gasteiger partial charge in [0, 0.05) is 19.6 Å². The van der Waals surface area contributed by atoms with Crippen LogP contribution in [0.15, 0.2) is 0 Å². The molecule has 2 aliphatic heterocycles. The zero-order valence-corrected chi connectivity index (χ0v) is 15.3. The predicted molar refractivity (Wildman–Crippen MR) is 94.8 cm³/mol. The molecule has 2 heterocycles. The van der Waals surface area contributed by atoms with Crippen LogP contribution in [-0.2, 0) is 4.79 Å². The van der Waals surface area contributed by atoms with Crippen molar-refractivity contribution in [3.8, 4) is 0 Å². The fraction of sp³-hybridized carbons (Fsp3) is 0.938. The van der Waals surface area contributed by atoms with Crippen LogP contribution < -0.4 is 5.73 Å². The Balaban J connectivity index is 0.00000121. The van der Waals surface area contributed by atoms with E-state index in [4.69, 9.17) is 5.73 Å². The van der Waals surface area contributed by atoms with Crippen LogP contribution in [0.4, 0.5) is 0 Å². The standard InChI is InChI=1S/C16H29N3O.2ClH/c1-13-4-9-18(10-5-13)11-14-3-2-8-19(12-14)15(20)16(17)6-7-16;;/h13-14H,2-12,17H2,1H3;2*1H. The van der Waals surface area contributed by atoms with Gasteiger partial charge in [-0.1, -0.05) is 6.92 Å². The number of halogens is 2. The van der Waals surface area contributed by atoms with E-state index in [2.05, 4.69) is 11.8 Å². The Morgan fingerprint density at radius 3 is 2.36 bits per heavy atom. The van der Waals surface area contributed by atoms with Crippen LogP contribution in [0.2, 0.25) is 0 Å². The summed E-state index contributed by atoms with van der Waals surface area (Å²) in [4.78, 5) is 17.0. The zero-order chi connectivity index (χ0) is 14.2. The topological polar surface area (TPSA) is 49.6 Å². The molecule has 0 radical (unpaired) electrons. The van der Waals surface area contributed by atoms with E-state index in [0.717, 1.165) is 38.3 Å². The molecule has 3 rings (SSSR count). The highest BCUT2D eigenvalue weighted by Crippen LogP contribution is 2.35. The molecule has 1 saturated carbocycles. The number of carbonyl (C=O) groups excluding carboxylic acids is 1. The highest BCUT2D eigenvalue weighted by atomic mass is 35.5. The van der Waals surface area contributed by atoms with Gasteiger partial charge in [-0.25, -0.2) is 0 Å². The second-order valence-electron chi connectivity index (χ2n) is 7.40. The lowest BCUT2D eigenvalue weighted by atomic mass is 9.94. The second-order valence-corrected chi connectivity index (χ2v) is 7.40. The van der Waals surface area contributed by atoms with Gasteiger partial charge in [0.25, 0.3) is 0 Å². The first-order chi connectivity index (χ1) is 9.57. The molecule has 2 N–H and O–H groups in total. The average Bonchev–Trinajstić information content (AvgIpc) is 3.20. The Bertz CT molecular complexity index is 368. The van der Waals surface area contributed by atoms with Gasteiger partial charge in [0.15, 0.2) is 0 Å². The summed E-state index contributed by atoms with van der Waals surface area (Å²) in [7, 11) is 0. The predicted octanol–water partition coefficient (Wildman–Crippen LogP) is 2.29. The van der Waals surface area contributed by atoms with Crippen LogP contribution in [0.3, 0.4) is 0 Å². The molecule has 0 aromatic rings. The molecule has 0 aromatic heterocycles. The fourth-order valence-electron chi connectivity index (χ4n) is 3.67. The molecule has 3 fully saturated rings. The summed E-state index contributed by atoms with van der Waals surface area (Å²) in [5.74, 6) is 1.76. The van der Waals surface area contributed by atoms with E-state index in [1.165, 1.54) is 38.9 Å². The number of carbonyl (C=O) groups is 1. The Kier molecular flexibility index (Phi) is 7.44. The maximum atomic E-state index is 12.4. The van der Waals surface area contributed by atoms with Crippen molar-refractivity contribution >= 4 is 30.7 Å². The number of likely N-dealkylation sites (tertiary alicyclic amines) is 2. The van der Waals surface area contributed by atoms with Gasteiger partial charge in [-0.3, -0.25) is 4.79 Å². The van der Waals surface area contributed by atoms with Crippen molar-refractivity contribution in [1.82, 2.24) is 9.80 Å². The van der Waals surface area contributed by atoms with E-state index in [1.54, 1.807) is 0 Å². The summed E-state index contributed by atoms with van der Waals surface area (Å²) in [6, 6.07) is 0. The van der Waals surface area contributed by atoms with Crippen molar-refractivity contribution in [2.45, 2.75) is 51.0 Å². The molecule has 22 heavy (non-hydrogen) atoms. The molecule has 1 unspecified atom stereocenters. The summed E-state index contributed by atoms with van der Waals surface area (Å²) >= 11 is 0. The van der Waals surface area contributed by atoms with E-state index in [9.17, 15) is 4.79 Å². The number of nitrogens with two attached hydrogens (primary N) is 1. The van der Waals surface area contributed by atoms with Crippen molar-refractivity contribution in [1.29, 1.82) is 0 Å². The van der Waals surface area contributed by atoms with E-state index < -0.39 is 5.54 Å². The van der Waals surface area contributed by atoms with Crippen molar-refractivity contribution in [3.05, 3.63) is 0 Å². The van der Waals surface area contributed by atoms with E-state index in [0.29, 0.717) is 5.92 Å². The van der Waals surface area contributed by atoms with Crippen LogP contribution in [-0.4, -0.2) is 54.0 Å². The number of hydrogen-bond acceptors (Lipinski definition) is 3. The van der Waals surface area contributed by atoms with Gasteiger partial charge in [0.1, 0.15) is 0 Å². The van der Waals surface area contributed by atoms with Crippen molar-refractivity contribution < 1.29 is 4.79 Å². The van der Waals surface area contributed by atoms with Gasteiger partial charge >= 0.3 is 0 Å². The lowest BCUT2D eigenvalue weighted by molar-refractivity contribution is -0.135. The largest absolute Gasteiger partial charge is 0.341 e. The minimum atomic E-state index is -0.484. The van der Waals surface area contributed by atoms with Gasteiger partial charge in [-0.15, -0.1) is 24.8 Å². The minimum absolute atomic E-state index is 0. The molecule has 4 nitrogen and oxygen atoms in total. The maximum absolute atomic E-state index is 12.4. The zero-order valence-electron chi connectivity index (χ0n) is 13.6. The van der Waals surface area contributed by atoms with Gasteiger partial charge < -0.3 is 15.5 Å². The smallest absolute Gasteiger partial charge is 0.242 e. The van der Waals surface area contributed by atoms with Crippen molar-refractivity contribution in [3.63, 3.8) is 0 Å². The number of piperidine rings is 2. The number of hydrogen-bond donors (Lipinski definition) is 1. The molecule has 0 bridgehead atoms. The maximum Gasteiger partial charge on any atom is 0.242 e. The van der Waals surface area contributed by atoms with Gasteiger partial charge in [0.05, 0.1) is 5.54 Å². The molecule has 1 amide bonds. The Morgan fingerprint density at radius 1 is 1.14 bits per heavy atom. The molecule has 1 atom stereocenters. The molecule has 3 aliphatic rings. The van der Waals surface area contributed by atoms with Crippen molar-refractivity contribution in [2.24, 2.45) is 17.6 Å². The van der Waals surface area contributed by atoms with Crippen LogP contribution in [0.5, 0.6) is 0 Å². The number of nitrogens with zero attached hydrogens (tertiary/aromatic N) is 2. The molecule has 2 saturated heterocycles. The third-order valence-corrected chi connectivity index (χ3v) is 5.41. The number of amides is 1. The summed E-state index contributed by atoms with van der Waals surface area (Å²) in [5.41, 5.74) is 5.58. The van der Waals surface area contributed by atoms with Crippen LogP contribution in [0.25, 0.3) is 0 Å². The summed E-state index contributed by atoms with van der Waals surface area (Å²) in [5, 5.41) is 0. The molecular formula is C16H31Cl2N3O. The summed E-state index contributed by atoms with van der Waals surface area (Å²) in [6.45, 7) is 7.87. The second kappa shape index (κ2) is 8.18. The molecule has 0 aromatic carbocycles. The SMILES string of the molecule is CC1CCN(CC2CCCN(C(=O)C3(N)CC3)C2)CC1.Cl.Cl. The Hall–Kier alpha value is -0.0300. The van der Waals surface area contributed by atoms with Gasteiger partial charge in [-0.05, 0) is 63.5 Å². The normalized spacial score (nSPS) is 28.5. The first-order valence-corrected chi connectivity index (χ1v) is 8.37. The third-order valence-electron chi connectivity index (χ3n) is 5.41. The monoisotopic (exact) mass is 351 g/mol. The first kappa shape index (κ1) is 20.0. The Labute approximate surface area is 147 Å². The van der Waals surface area contributed by atoms with Crippen LogP contribution in [0, 0.1) is 11.8 Å². The molecular weight excluding hydrogens is 321 g/mol. The van der Waals surface area contributed by atoms with Crippen LogP contribution >= 0.6 is 24.8 Å². The molecule has 1 aliphatic carbocycles. The molecule has 0 spiro atoms. The fourth-order valence-corrected chi connectivity index (χ4v) is 3.67. The van der Waals surface area contributed by atoms with Gasteiger partial charge in [0.2, 0.25) is 5.91 Å². The summed E-state index contributed by atoms with van der Waals surface area (Å²) < 4.78 is 0. The summed E-state index contributed by atoms with van der Waals surface area (Å²) in [6.07, 6.45) is 6.86. The van der Waals surface area contributed by atoms with Crippen molar-refractivity contribution in [2.75, 3.05) is 32.7 Å². The first-order valence-electron chi connectivity index (χ1n) is 8.37.